The van der Waals surface area contributed by atoms with Crippen LogP contribution < -0.4 is 10.1 Å². The van der Waals surface area contributed by atoms with Gasteiger partial charge in [0.2, 0.25) is 5.13 Å². The summed E-state index contributed by atoms with van der Waals surface area (Å²) >= 11 is 3.06. The zero-order valence-electron chi connectivity index (χ0n) is 15.2. The van der Waals surface area contributed by atoms with Crippen LogP contribution in [-0.2, 0) is 4.79 Å². The summed E-state index contributed by atoms with van der Waals surface area (Å²) in [5, 5.41) is 11.3. The van der Waals surface area contributed by atoms with Crippen molar-refractivity contribution >= 4 is 34.1 Å². The number of anilines is 1. The van der Waals surface area contributed by atoms with E-state index in [2.05, 4.69) is 49.3 Å². The van der Waals surface area contributed by atoms with Crippen molar-refractivity contribution in [3.8, 4) is 5.75 Å². The molecule has 2 rings (SSSR count). The molecular weight excluding hydrogens is 354 g/mol. The molecule has 0 saturated carbocycles. The molecule has 25 heavy (non-hydrogen) atoms. The van der Waals surface area contributed by atoms with E-state index in [9.17, 15) is 4.79 Å². The first-order valence-electron chi connectivity index (χ1n) is 8.49. The predicted molar refractivity (Wildman–Crippen MR) is 105 cm³/mol. The van der Waals surface area contributed by atoms with E-state index >= 15 is 0 Å². The molecule has 1 aromatic carbocycles. The maximum absolute atomic E-state index is 12.0. The lowest BCUT2D eigenvalue weighted by molar-refractivity contribution is -0.118. The number of nitrogens with zero attached hydrogens (tertiary/aromatic N) is 2. The van der Waals surface area contributed by atoms with Crippen LogP contribution in [-0.4, -0.2) is 28.5 Å². The zero-order valence-corrected chi connectivity index (χ0v) is 16.8. The average Bonchev–Trinajstić information content (AvgIpc) is 3.00. The normalized spacial score (nSPS) is 10.9. The van der Waals surface area contributed by atoms with Crippen molar-refractivity contribution in [2.75, 3.05) is 17.7 Å². The molecule has 1 amide bonds. The van der Waals surface area contributed by atoms with Crippen molar-refractivity contribution < 1.29 is 9.53 Å². The Bertz CT molecular complexity index is 701. The van der Waals surface area contributed by atoms with Gasteiger partial charge in [-0.15, -0.1) is 10.2 Å². The highest BCUT2D eigenvalue weighted by Gasteiger charge is 2.10. The quantitative estimate of drug-likeness (QED) is 0.382. The molecule has 0 bridgehead atoms. The minimum absolute atomic E-state index is 0.0433. The van der Waals surface area contributed by atoms with E-state index in [0.717, 1.165) is 22.9 Å². The summed E-state index contributed by atoms with van der Waals surface area (Å²) in [5.74, 6) is 1.96. The van der Waals surface area contributed by atoms with Gasteiger partial charge < -0.3 is 4.74 Å². The van der Waals surface area contributed by atoms with E-state index in [4.69, 9.17) is 4.74 Å². The number of aromatic nitrogens is 2. The van der Waals surface area contributed by atoms with Gasteiger partial charge in [-0.2, -0.15) is 0 Å². The third-order valence-corrected chi connectivity index (χ3v) is 5.67. The summed E-state index contributed by atoms with van der Waals surface area (Å²) in [4.78, 5) is 12.0. The summed E-state index contributed by atoms with van der Waals surface area (Å²) in [6.07, 6.45) is 2.30. The summed E-state index contributed by atoms with van der Waals surface area (Å²) in [5.41, 5.74) is 2.46. The van der Waals surface area contributed by atoms with Crippen molar-refractivity contribution in [3.05, 3.63) is 29.3 Å². The smallest absolute Gasteiger partial charge is 0.264 e. The van der Waals surface area contributed by atoms with Gasteiger partial charge >= 0.3 is 0 Å². The average molecular weight is 380 g/mol. The Hall–Kier alpha value is -1.60. The zero-order chi connectivity index (χ0) is 18.2. The van der Waals surface area contributed by atoms with E-state index in [1.54, 1.807) is 11.8 Å². The molecule has 2 aromatic rings. The highest BCUT2D eigenvalue weighted by Crippen LogP contribution is 2.26. The number of rotatable bonds is 9. The third-order valence-electron chi connectivity index (χ3n) is 3.61. The van der Waals surface area contributed by atoms with Gasteiger partial charge in [-0.3, -0.25) is 10.1 Å². The number of hydrogen-bond acceptors (Lipinski definition) is 6. The van der Waals surface area contributed by atoms with E-state index in [1.807, 2.05) is 12.1 Å². The summed E-state index contributed by atoms with van der Waals surface area (Å²) < 4.78 is 6.46. The van der Waals surface area contributed by atoms with Crippen molar-refractivity contribution in [1.29, 1.82) is 0 Å². The summed E-state index contributed by atoms with van der Waals surface area (Å²) in [7, 11) is 0. The van der Waals surface area contributed by atoms with Crippen LogP contribution in [0, 0.1) is 6.92 Å². The molecule has 7 heteroatoms. The number of thioether (sulfide) groups is 1. The molecule has 1 heterocycles. The highest BCUT2D eigenvalue weighted by molar-refractivity contribution is 8.01. The lowest BCUT2D eigenvalue weighted by Gasteiger charge is -2.12. The molecule has 0 radical (unpaired) electrons. The van der Waals surface area contributed by atoms with Crippen LogP contribution in [0.25, 0.3) is 0 Å². The molecular formula is C18H25N3O2S2. The monoisotopic (exact) mass is 379 g/mol. The minimum Gasteiger partial charge on any atom is -0.484 e. The fourth-order valence-electron chi connectivity index (χ4n) is 2.31. The lowest BCUT2D eigenvalue weighted by Crippen LogP contribution is -2.20. The maximum atomic E-state index is 12.0. The SMILES string of the molecule is CCCCSc1nnc(NC(=O)COc2ccc(C(C)C)c(C)c2)s1. The molecule has 0 unspecified atom stereocenters. The molecule has 0 aliphatic heterocycles. The molecule has 5 nitrogen and oxygen atoms in total. The first kappa shape index (κ1) is 19.7. The van der Waals surface area contributed by atoms with Crippen LogP contribution in [0.2, 0.25) is 0 Å². The Labute approximate surface area is 157 Å². The summed E-state index contributed by atoms with van der Waals surface area (Å²) in [6, 6.07) is 5.93. The Morgan fingerprint density at radius 2 is 2.16 bits per heavy atom. The van der Waals surface area contributed by atoms with Crippen molar-refractivity contribution in [2.24, 2.45) is 0 Å². The molecule has 136 valence electrons. The van der Waals surface area contributed by atoms with Crippen LogP contribution >= 0.6 is 23.1 Å². The number of nitrogens with one attached hydrogen (secondary N) is 1. The van der Waals surface area contributed by atoms with Crippen molar-refractivity contribution in [1.82, 2.24) is 10.2 Å². The first-order valence-corrected chi connectivity index (χ1v) is 10.3. The molecule has 1 aromatic heterocycles. The fourth-order valence-corrected chi connectivity index (χ4v) is 4.23. The molecule has 0 aliphatic carbocycles. The van der Waals surface area contributed by atoms with Crippen LogP contribution in [0.5, 0.6) is 5.75 Å². The molecule has 1 N–H and O–H groups in total. The number of carbonyl (C=O) groups excluding carboxylic acids is 1. The molecule has 0 fully saturated rings. The Kier molecular flexibility index (Phi) is 7.71. The molecule has 0 spiro atoms. The van der Waals surface area contributed by atoms with Crippen LogP contribution in [0.1, 0.15) is 50.7 Å². The number of benzene rings is 1. The van der Waals surface area contributed by atoms with Gasteiger partial charge in [0.15, 0.2) is 10.9 Å². The third kappa shape index (κ3) is 6.32. The standard InChI is InChI=1S/C18H25N3O2S2/c1-5-6-9-24-18-21-20-17(25-18)19-16(22)11-23-14-7-8-15(12(2)3)13(4)10-14/h7-8,10,12H,5-6,9,11H2,1-4H3,(H,19,20,22). The minimum atomic E-state index is -0.230. The maximum Gasteiger partial charge on any atom is 0.264 e. The number of unbranched alkanes of at least 4 members (excludes halogenated alkanes) is 1. The van der Waals surface area contributed by atoms with Gasteiger partial charge in [-0.25, -0.2) is 0 Å². The van der Waals surface area contributed by atoms with Crippen LogP contribution in [0.4, 0.5) is 5.13 Å². The fraction of sp³-hybridized carbons (Fsp3) is 0.500. The Morgan fingerprint density at radius 1 is 1.36 bits per heavy atom. The van der Waals surface area contributed by atoms with E-state index in [0.29, 0.717) is 16.8 Å². The number of carbonyl (C=O) groups is 1. The van der Waals surface area contributed by atoms with Gasteiger partial charge in [0, 0.05) is 5.75 Å². The number of ether oxygens (including phenoxy) is 1. The second kappa shape index (κ2) is 9.77. The topological polar surface area (TPSA) is 64.1 Å². The van der Waals surface area contributed by atoms with Gasteiger partial charge in [-0.05, 0) is 42.5 Å². The second-order valence-electron chi connectivity index (χ2n) is 6.09. The Balaban J connectivity index is 1.81. The lowest BCUT2D eigenvalue weighted by atomic mass is 9.98. The first-order chi connectivity index (χ1) is 12.0. The second-order valence-corrected chi connectivity index (χ2v) is 8.40. The van der Waals surface area contributed by atoms with Gasteiger partial charge in [-0.1, -0.05) is 56.4 Å². The number of amides is 1. The number of aryl methyl sites for hydroxylation is 1. The van der Waals surface area contributed by atoms with Gasteiger partial charge in [0.1, 0.15) is 5.75 Å². The summed E-state index contributed by atoms with van der Waals surface area (Å²) in [6.45, 7) is 8.49. The van der Waals surface area contributed by atoms with E-state index < -0.39 is 0 Å². The van der Waals surface area contributed by atoms with Gasteiger partial charge in [0.05, 0.1) is 0 Å². The molecule has 0 saturated heterocycles. The molecule has 0 atom stereocenters. The van der Waals surface area contributed by atoms with Crippen LogP contribution in [0.15, 0.2) is 22.5 Å². The van der Waals surface area contributed by atoms with Crippen molar-refractivity contribution in [3.63, 3.8) is 0 Å². The predicted octanol–water partition coefficient (Wildman–Crippen LogP) is 4.88. The number of hydrogen-bond donors (Lipinski definition) is 1. The van der Waals surface area contributed by atoms with E-state index in [-0.39, 0.29) is 12.5 Å². The Morgan fingerprint density at radius 3 is 2.84 bits per heavy atom. The van der Waals surface area contributed by atoms with E-state index in [1.165, 1.54) is 22.5 Å². The van der Waals surface area contributed by atoms with Gasteiger partial charge in [0.25, 0.3) is 5.91 Å². The van der Waals surface area contributed by atoms with Crippen molar-refractivity contribution in [2.45, 2.75) is 50.8 Å². The largest absolute Gasteiger partial charge is 0.484 e. The van der Waals surface area contributed by atoms with Crippen LogP contribution in [0.3, 0.4) is 0 Å². The highest BCUT2D eigenvalue weighted by atomic mass is 32.2. The molecule has 0 aliphatic rings.